The van der Waals surface area contributed by atoms with Gasteiger partial charge >= 0.3 is 0 Å². The highest BCUT2D eigenvalue weighted by Crippen LogP contribution is 2.20. The van der Waals surface area contributed by atoms with E-state index in [0.717, 1.165) is 30.4 Å². The number of nitrogens with zero attached hydrogens (tertiary/aromatic N) is 2. The quantitative estimate of drug-likeness (QED) is 0.528. The molecule has 0 fully saturated rings. The Kier molecular flexibility index (Phi) is 9.00. The lowest BCUT2D eigenvalue weighted by molar-refractivity contribution is 0.259. The fourth-order valence-electron chi connectivity index (χ4n) is 1.90. The SMILES string of the molecule is CN=C(NCc1ccccc1OCCN(C)C)NCC(C)(C)SC. The van der Waals surface area contributed by atoms with Crippen LogP contribution in [0.25, 0.3) is 0 Å². The van der Waals surface area contributed by atoms with E-state index >= 15 is 0 Å². The highest BCUT2D eigenvalue weighted by Gasteiger charge is 2.16. The fraction of sp³-hybridized carbons (Fsp3) is 0.611. The number of hydrogen-bond acceptors (Lipinski definition) is 4. The standard InChI is InChI=1S/C18H32N4OS/c1-18(2,24-6)14-21-17(19-3)20-13-15-9-7-8-10-16(15)23-12-11-22(4)5/h7-10H,11-14H2,1-6H3,(H2,19,20,21). The summed E-state index contributed by atoms with van der Waals surface area (Å²) in [6.07, 6.45) is 2.12. The summed E-state index contributed by atoms with van der Waals surface area (Å²) < 4.78 is 6.07. The van der Waals surface area contributed by atoms with Crippen LogP contribution < -0.4 is 15.4 Å². The third-order valence-electron chi connectivity index (χ3n) is 3.67. The van der Waals surface area contributed by atoms with Gasteiger partial charge in [0, 0.05) is 37.0 Å². The van der Waals surface area contributed by atoms with Crippen LogP contribution in [0.15, 0.2) is 29.3 Å². The van der Waals surface area contributed by atoms with Crippen LogP contribution in [0.4, 0.5) is 0 Å². The summed E-state index contributed by atoms with van der Waals surface area (Å²) in [6.45, 7) is 7.54. The molecular weight excluding hydrogens is 320 g/mol. The molecule has 136 valence electrons. The molecule has 0 unspecified atom stereocenters. The van der Waals surface area contributed by atoms with Gasteiger partial charge in [0.25, 0.3) is 0 Å². The molecule has 6 heteroatoms. The van der Waals surface area contributed by atoms with Gasteiger partial charge in [-0.15, -0.1) is 0 Å². The zero-order valence-corrected chi connectivity index (χ0v) is 16.7. The van der Waals surface area contributed by atoms with Gasteiger partial charge in [-0.05, 0) is 40.3 Å². The Balaban J connectivity index is 2.56. The van der Waals surface area contributed by atoms with Crippen LogP contribution in [-0.2, 0) is 6.54 Å². The molecule has 0 saturated heterocycles. The molecule has 0 heterocycles. The lowest BCUT2D eigenvalue weighted by Gasteiger charge is -2.24. The maximum atomic E-state index is 5.90. The maximum absolute atomic E-state index is 5.90. The summed E-state index contributed by atoms with van der Waals surface area (Å²) >= 11 is 1.84. The van der Waals surface area contributed by atoms with Crippen LogP contribution in [0.1, 0.15) is 19.4 Å². The van der Waals surface area contributed by atoms with Gasteiger partial charge in [0.05, 0.1) is 0 Å². The first-order valence-electron chi connectivity index (χ1n) is 8.23. The van der Waals surface area contributed by atoms with Crippen molar-refractivity contribution in [2.45, 2.75) is 25.1 Å². The minimum atomic E-state index is 0.171. The van der Waals surface area contributed by atoms with Crippen molar-refractivity contribution in [3.63, 3.8) is 0 Å². The molecule has 0 saturated carbocycles. The predicted molar refractivity (Wildman–Crippen MR) is 106 cm³/mol. The molecule has 0 aliphatic heterocycles. The second kappa shape index (κ2) is 10.5. The van der Waals surface area contributed by atoms with E-state index < -0.39 is 0 Å². The number of likely N-dealkylation sites (N-methyl/N-ethyl adjacent to an activating group) is 1. The zero-order chi connectivity index (χ0) is 18.0. The number of rotatable bonds is 9. The van der Waals surface area contributed by atoms with Crippen LogP contribution in [-0.4, -0.2) is 62.7 Å². The highest BCUT2D eigenvalue weighted by atomic mass is 32.2. The Labute approximate surface area is 151 Å². The van der Waals surface area contributed by atoms with Gasteiger partial charge in [0.2, 0.25) is 0 Å². The predicted octanol–water partition coefficient (Wildman–Crippen LogP) is 2.43. The summed E-state index contributed by atoms with van der Waals surface area (Å²) in [5.74, 6) is 1.73. The molecule has 0 amide bonds. The topological polar surface area (TPSA) is 48.9 Å². The first kappa shape index (κ1) is 20.6. The number of para-hydroxylation sites is 1. The first-order valence-corrected chi connectivity index (χ1v) is 9.45. The molecule has 0 aliphatic rings. The smallest absolute Gasteiger partial charge is 0.191 e. The lowest BCUT2D eigenvalue weighted by atomic mass is 10.2. The zero-order valence-electron chi connectivity index (χ0n) is 15.8. The van der Waals surface area contributed by atoms with Gasteiger partial charge in [0.15, 0.2) is 5.96 Å². The van der Waals surface area contributed by atoms with Crippen molar-refractivity contribution in [3.05, 3.63) is 29.8 Å². The van der Waals surface area contributed by atoms with E-state index in [9.17, 15) is 0 Å². The van der Waals surface area contributed by atoms with E-state index in [1.54, 1.807) is 7.05 Å². The van der Waals surface area contributed by atoms with Gasteiger partial charge in [-0.2, -0.15) is 11.8 Å². The minimum Gasteiger partial charge on any atom is -0.492 e. The Morgan fingerprint density at radius 3 is 2.58 bits per heavy atom. The Bertz CT molecular complexity index is 517. The number of benzene rings is 1. The van der Waals surface area contributed by atoms with E-state index in [2.05, 4.69) is 46.7 Å². The Hall–Kier alpha value is -1.40. The van der Waals surface area contributed by atoms with Crippen molar-refractivity contribution < 1.29 is 4.74 Å². The summed E-state index contributed by atoms with van der Waals surface area (Å²) in [6, 6.07) is 8.13. The van der Waals surface area contributed by atoms with Gasteiger partial charge in [-0.1, -0.05) is 18.2 Å². The van der Waals surface area contributed by atoms with Gasteiger partial charge < -0.3 is 20.3 Å². The van der Waals surface area contributed by atoms with E-state index in [0.29, 0.717) is 13.2 Å². The van der Waals surface area contributed by atoms with Gasteiger partial charge in [-0.25, -0.2) is 0 Å². The maximum Gasteiger partial charge on any atom is 0.191 e. The van der Waals surface area contributed by atoms with Crippen molar-refractivity contribution in [1.82, 2.24) is 15.5 Å². The molecule has 0 aliphatic carbocycles. The van der Waals surface area contributed by atoms with Gasteiger partial charge in [0.1, 0.15) is 12.4 Å². The van der Waals surface area contributed by atoms with Crippen LogP contribution >= 0.6 is 11.8 Å². The number of nitrogens with one attached hydrogen (secondary N) is 2. The van der Waals surface area contributed by atoms with Crippen LogP contribution in [0, 0.1) is 0 Å². The minimum absolute atomic E-state index is 0.171. The normalized spacial score (nSPS) is 12.4. The molecule has 24 heavy (non-hydrogen) atoms. The average molecular weight is 353 g/mol. The molecule has 1 aromatic carbocycles. The third-order valence-corrected chi connectivity index (χ3v) is 4.92. The summed E-state index contributed by atoms with van der Waals surface area (Å²) in [5.41, 5.74) is 1.13. The molecule has 2 N–H and O–H groups in total. The molecule has 5 nitrogen and oxygen atoms in total. The van der Waals surface area contributed by atoms with Crippen molar-refractivity contribution in [2.75, 3.05) is 47.1 Å². The molecular formula is C18H32N4OS. The van der Waals surface area contributed by atoms with Gasteiger partial charge in [-0.3, -0.25) is 4.99 Å². The second-order valence-electron chi connectivity index (χ2n) is 6.50. The molecule has 0 bridgehead atoms. The first-order chi connectivity index (χ1) is 11.4. The summed E-state index contributed by atoms with van der Waals surface area (Å²) in [7, 11) is 5.88. The number of ether oxygens (including phenoxy) is 1. The number of guanidine groups is 1. The molecule has 1 aromatic rings. The van der Waals surface area contributed by atoms with Crippen molar-refractivity contribution >= 4 is 17.7 Å². The Morgan fingerprint density at radius 2 is 1.96 bits per heavy atom. The average Bonchev–Trinajstić information content (AvgIpc) is 2.56. The Morgan fingerprint density at radius 1 is 1.25 bits per heavy atom. The summed E-state index contributed by atoms with van der Waals surface area (Å²) in [4.78, 5) is 6.40. The van der Waals surface area contributed by atoms with Crippen LogP contribution in [0.5, 0.6) is 5.75 Å². The lowest BCUT2D eigenvalue weighted by Crippen LogP contribution is -2.43. The second-order valence-corrected chi connectivity index (χ2v) is 8.02. The number of aliphatic imine (C=N–C) groups is 1. The molecule has 1 rings (SSSR count). The summed E-state index contributed by atoms with van der Waals surface area (Å²) in [5, 5.41) is 6.74. The molecule has 0 radical (unpaired) electrons. The monoisotopic (exact) mass is 352 g/mol. The van der Waals surface area contributed by atoms with E-state index in [4.69, 9.17) is 4.74 Å². The largest absolute Gasteiger partial charge is 0.492 e. The van der Waals surface area contributed by atoms with Crippen LogP contribution in [0.3, 0.4) is 0 Å². The highest BCUT2D eigenvalue weighted by molar-refractivity contribution is 7.99. The van der Waals surface area contributed by atoms with E-state index in [1.807, 2.05) is 44.1 Å². The van der Waals surface area contributed by atoms with Crippen molar-refractivity contribution in [1.29, 1.82) is 0 Å². The number of thioether (sulfide) groups is 1. The molecule has 0 spiro atoms. The number of hydrogen-bond donors (Lipinski definition) is 2. The van der Waals surface area contributed by atoms with E-state index in [1.165, 1.54) is 0 Å². The van der Waals surface area contributed by atoms with Crippen molar-refractivity contribution in [3.8, 4) is 5.75 Å². The van der Waals surface area contributed by atoms with E-state index in [-0.39, 0.29) is 4.75 Å². The van der Waals surface area contributed by atoms with Crippen LogP contribution in [0.2, 0.25) is 0 Å². The molecule has 0 atom stereocenters. The third kappa shape index (κ3) is 7.93. The fourth-order valence-corrected chi connectivity index (χ4v) is 2.11. The molecule has 0 aromatic heterocycles. The van der Waals surface area contributed by atoms with Crippen molar-refractivity contribution in [2.24, 2.45) is 4.99 Å².